The number of hydrogen-bond acceptors (Lipinski definition) is 9. The molecule has 1 heterocycles. The van der Waals surface area contributed by atoms with Crippen molar-refractivity contribution in [3.8, 4) is 23.0 Å². The molecular formula is C20H22O9. The largest absolute Gasteiger partial charge is 0.508 e. The zero-order valence-electron chi connectivity index (χ0n) is 15.2. The molecule has 2 aromatic carbocycles. The van der Waals surface area contributed by atoms with Crippen molar-refractivity contribution >= 4 is 12.2 Å². The molecule has 156 valence electrons. The molecule has 5 unspecified atom stereocenters. The predicted molar refractivity (Wildman–Crippen MR) is 101 cm³/mol. The number of aromatic hydroxyl groups is 3. The molecule has 1 aliphatic heterocycles. The summed E-state index contributed by atoms with van der Waals surface area (Å²) in [4.78, 5) is 0. The molecule has 0 bridgehead atoms. The van der Waals surface area contributed by atoms with E-state index in [4.69, 9.17) is 9.47 Å². The normalized spacial score (nSPS) is 27.2. The molecule has 1 saturated heterocycles. The third-order valence-electron chi connectivity index (χ3n) is 4.48. The Bertz CT molecular complexity index is 880. The van der Waals surface area contributed by atoms with Crippen LogP contribution in [0.3, 0.4) is 0 Å². The van der Waals surface area contributed by atoms with E-state index < -0.39 is 37.3 Å². The fourth-order valence-electron chi connectivity index (χ4n) is 2.91. The van der Waals surface area contributed by atoms with Gasteiger partial charge in [0.25, 0.3) is 0 Å². The van der Waals surface area contributed by atoms with Crippen LogP contribution in [0.4, 0.5) is 0 Å². The third kappa shape index (κ3) is 4.78. The van der Waals surface area contributed by atoms with Gasteiger partial charge in [0.2, 0.25) is 6.29 Å². The van der Waals surface area contributed by atoms with E-state index in [0.717, 1.165) is 0 Å². The van der Waals surface area contributed by atoms with E-state index in [1.807, 2.05) is 0 Å². The van der Waals surface area contributed by atoms with Gasteiger partial charge in [0.15, 0.2) is 11.5 Å². The second-order valence-corrected chi connectivity index (χ2v) is 6.66. The first kappa shape index (κ1) is 20.9. The predicted octanol–water partition coefficient (Wildman–Crippen LogP) is 0.152. The maximum Gasteiger partial charge on any atom is 0.229 e. The lowest BCUT2D eigenvalue weighted by Gasteiger charge is -2.39. The van der Waals surface area contributed by atoms with Crippen molar-refractivity contribution in [2.75, 3.05) is 6.61 Å². The van der Waals surface area contributed by atoms with Crippen molar-refractivity contribution in [3.63, 3.8) is 0 Å². The molecule has 2 aromatic rings. The van der Waals surface area contributed by atoms with Crippen molar-refractivity contribution in [1.82, 2.24) is 0 Å². The van der Waals surface area contributed by atoms with Crippen LogP contribution in [0.15, 0.2) is 36.4 Å². The highest BCUT2D eigenvalue weighted by Gasteiger charge is 2.44. The first-order valence-electron chi connectivity index (χ1n) is 8.80. The van der Waals surface area contributed by atoms with E-state index in [2.05, 4.69) is 0 Å². The van der Waals surface area contributed by atoms with Gasteiger partial charge < -0.3 is 45.2 Å². The summed E-state index contributed by atoms with van der Waals surface area (Å²) in [5.74, 6) is -0.535. The quantitative estimate of drug-likeness (QED) is 0.271. The van der Waals surface area contributed by atoms with E-state index in [1.54, 1.807) is 18.2 Å². The summed E-state index contributed by atoms with van der Waals surface area (Å²) in [6.07, 6.45) is -3.90. The van der Waals surface area contributed by atoms with Crippen LogP contribution in [0.1, 0.15) is 11.1 Å². The third-order valence-corrected chi connectivity index (χ3v) is 4.48. The molecule has 1 fully saturated rings. The molecule has 1 aliphatic rings. The number of ether oxygens (including phenoxy) is 2. The lowest BCUT2D eigenvalue weighted by molar-refractivity contribution is -0.277. The number of aliphatic hydroxyl groups is 4. The summed E-state index contributed by atoms with van der Waals surface area (Å²) < 4.78 is 10.8. The molecule has 29 heavy (non-hydrogen) atoms. The Morgan fingerprint density at radius 2 is 1.55 bits per heavy atom. The van der Waals surface area contributed by atoms with Gasteiger partial charge in [0, 0.05) is 6.07 Å². The highest BCUT2D eigenvalue weighted by Crippen LogP contribution is 2.29. The number of benzene rings is 2. The number of hydrogen-bond donors (Lipinski definition) is 7. The van der Waals surface area contributed by atoms with Crippen LogP contribution >= 0.6 is 0 Å². The standard InChI is InChI=1S/C20H22O9/c21-9-16-17(25)18(26)19(27)20(29-16)28-13-6-11(5-12(22)8-13)2-1-10-3-4-14(23)15(24)7-10/h1-8,16-27H,9H2/b2-1-. The van der Waals surface area contributed by atoms with Crippen LogP contribution in [-0.4, -0.2) is 73.1 Å². The number of phenols is 3. The fraction of sp³-hybridized carbons (Fsp3) is 0.300. The summed E-state index contributed by atoms with van der Waals surface area (Å²) in [6.45, 7) is -0.585. The fourth-order valence-corrected chi connectivity index (χ4v) is 2.91. The minimum Gasteiger partial charge on any atom is -0.508 e. The van der Waals surface area contributed by atoms with Crippen LogP contribution in [0.25, 0.3) is 12.2 Å². The number of phenolic OH excluding ortho intramolecular Hbond substituents is 3. The highest BCUT2D eigenvalue weighted by atomic mass is 16.7. The molecule has 3 rings (SSSR count). The molecule has 5 atom stereocenters. The second kappa shape index (κ2) is 8.68. The zero-order chi connectivity index (χ0) is 21.1. The van der Waals surface area contributed by atoms with Gasteiger partial charge in [-0.05, 0) is 35.4 Å². The molecule has 9 nitrogen and oxygen atoms in total. The van der Waals surface area contributed by atoms with E-state index >= 15 is 0 Å². The van der Waals surface area contributed by atoms with Crippen molar-refractivity contribution in [1.29, 1.82) is 0 Å². The van der Waals surface area contributed by atoms with E-state index in [0.29, 0.717) is 11.1 Å². The van der Waals surface area contributed by atoms with E-state index in [9.17, 15) is 35.7 Å². The summed E-state index contributed by atoms with van der Waals surface area (Å²) in [6, 6.07) is 8.52. The maximum absolute atomic E-state index is 10.1. The lowest BCUT2D eigenvalue weighted by atomic mass is 9.99. The van der Waals surface area contributed by atoms with Crippen LogP contribution in [0.2, 0.25) is 0 Å². The van der Waals surface area contributed by atoms with Crippen LogP contribution in [0.5, 0.6) is 23.0 Å². The summed E-state index contributed by atoms with van der Waals surface area (Å²) >= 11 is 0. The summed E-state index contributed by atoms with van der Waals surface area (Å²) in [7, 11) is 0. The average Bonchev–Trinajstić information content (AvgIpc) is 2.69. The Morgan fingerprint density at radius 1 is 0.828 bits per heavy atom. The smallest absolute Gasteiger partial charge is 0.229 e. The summed E-state index contributed by atoms with van der Waals surface area (Å²) in [5, 5.41) is 67.8. The van der Waals surface area contributed by atoms with Gasteiger partial charge in [-0.1, -0.05) is 18.2 Å². The van der Waals surface area contributed by atoms with Gasteiger partial charge in [-0.15, -0.1) is 0 Å². The van der Waals surface area contributed by atoms with Crippen molar-refractivity contribution < 1.29 is 45.2 Å². The van der Waals surface area contributed by atoms with Gasteiger partial charge in [-0.2, -0.15) is 0 Å². The van der Waals surface area contributed by atoms with Gasteiger partial charge in [-0.25, -0.2) is 0 Å². The first-order valence-corrected chi connectivity index (χ1v) is 8.80. The first-order chi connectivity index (χ1) is 13.8. The Morgan fingerprint density at radius 3 is 2.24 bits per heavy atom. The molecule has 0 aliphatic carbocycles. The van der Waals surface area contributed by atoms with Crippen LogP contribution in [0, 0.1) is 0 Å². The minimum absolute atomic E-state index is 0.113. The monoisotopic (exact) mass is 406 g/mol. The number of rotatable bonds is 5. The Labute approximate surface area is 165 Å². The second-order valence-electron chi connectivity index (χ2n) is 6.66. The van der Waals surface area contributed by atoms with Crippen LogP contribution in [-0.2, 0) is 4.74 Å². The lowest BCUT2D eigenvalue weighted by Crippen LogP contribution is -2.60. The van der Waals surface area contributed by atoms with Crippen molar-refractivity contribution in [2.45, 2.75) is 30.7 Å². The molecule has 0 saturated carbocycles. The molecule has 0 amide bonds. The topological polar surface area (TPSA) is 160 Å². The molecular weight excluding hydrogens is 384 g/mol. The van der Waals surface area contributed by atoms with Crippen LogP contribution < -0.4 is 4.74 Å². The summed E-state index contributed by atoms with van der Waals surface area (Å²) in [5.41, 5.74) is 1.11. The van der Waals surface area contributed by atoms with Crippen molar-refractivity contribution in [3.05, 3.63) is 47.5 Å². The van der Waals surface area contributed by atoms with E-state index in [1.165, 1.54) is 30.3 Å². The van der Waals surface area contributed by atoms with Gasteiger partial charge in [0.1, 0.15) is 35.9 Å². The van der Waals surface area contributed by atoms with E-state index in [-0.39, 0.29) is 23.0 Å². The molecule has 9 heteroatoms. The average molecular weight is 406 g/mol. The van der Waals surface area contributed by atoms with Gasteiger partial charge in [0.05, 0.1) is 6.61 Å². The highest BCUT2D eigenvalue weighted by molar-refractivity contribution is 5.72. The van der Waals surface area contributed by atoms with Gasteiger partial charge in [-0.3, -0.25) is 0 Å². The molecule has 0 radical (unpaired) electrons. The van der Waals surface area contributed by atoms with Gasteiger partial charge >= 0.3 is 0 Å². The Kier molecular flexibility index (Phi) is 6.26. The Balaban J connectivity index is 1.78. The minimum atomic E-state index is -1.58. The Hall–Kier alpha value is -2.82. The molecule has 0 aromatic heterocycles. The zero-order valence-corrected chi connectivity index (χ0v) is 15.2. The van der Waals surface area contributed by atoms with Crippen molar-refractivity contribution in [2.24, 2.45) is 0 Å². The molecule has 0 spiro atoms. The SMILES string of the molecule is OCC1OC(Oc2cc(O)cc(/C=C\c3ccc(O)c(O)c3)c2)C(O)C(O)C1O. The number of aliphatic hydroxyl groups excluding tert-OH is 4. The maximum atomic E-state index is 10.1. The molecule has 7 N–H and O–H groups in total.